The lowest BCUT2D eigenvalue weighted by Crippen LogP contribution is -2.26. The predicted octanol–water partition coefficient (Wildman–Crippen LogP) is -0.334. The Hall–Kier alpha value is -0.0900. The zero-order chi connectivity index (χ0) is 7.28. The van der Waals surface area contributed by atoms with E-state index in [1.165, 1.54) is 0 Å². The fourth-order valence-electron chi connectivity index (χ4n) is 0.458. The Morgan fingerprint density at radius 3 is 2.30 bits per heavy atom. The minimum atomic E-state index is -0.378. The molecule has 0 fully saturated rings. The van der Waals surface area contributed by atoms with Crippen molar-refractivity contribution in [1.29, 1.82) is 0 Å². The van der Waals surface area contributed by atoms with Crippen molar-refractivity contribution >= 4 is 12.4 Å². The van der Waals surface area contributed by atoms with Gasteiger partial charge in [-0.25, -0.2) is 0 Å². The first-order valence-electron chi connectivity index (χ1n) is 2.87. The van der Waals surface area contributed by atoms with Gasteiger partial charge in [0.25, 0.3) is 0 Å². The maximum atomic E-state index is 8.46. The summed E-state index contributed by atoms with van der Waals surface area (Å²) >= 11 is 0. The van der Waals surface area contributed by atoms with E-state index in [4.69, 9.17) is 15.9 Å². The lowest BCUT2D eigenvalue weighted by atomic mass is 10.1. The third-order valence-electron chi connectivity index (χ3n) is 1.15. The van der Waals surface area contributed by atoms with Crippen molar-refractivity contribution in [1.82, 2.24) is 0 Å². The maximum Gasteiger partial charge on any atom is 0.0621 e. The molecule has 1 unspecified atom stereocenters. The molecule has 0 rings (SSSR count). The molecule has 0 aromatic heterocycles. The van der Waals surface area contributed by atoms with Crippen molar-refractivity contribution in [2.45, 2.75) is 12.5 Å². The summed E-state index contributed by atoms with van der Waals surface area (Å²) in [6, 6.07) is -0.378. The molecule has 10 heavy (non-hydrogen) atoms. The van der Waals surface area contributed by atoms with Gasteiger partial charge in [0.1, 0.15) is 0 Å². The summed E-state index contributed by atoms with van der Waals surface area (Å²) in [5.41, 5.74) is 6.04. The fraction of sp³-hybridized carbons (Fsp3) is 0.667. The highest BCUT2D eigenvalue weighted by atomic mass is 35.5. The van der Waals surface area contributed by atoms with Gasteiger partial charge in [-0.05, 0) is 6.42 Å². The zero-order valence-electron chi connectivity index (χ0n) is 5.79. The van der Waals surface area contributed by atoms with E-state index in [2.05, 4.69) is 6.58 Å². The Labute approximate surface area is 67.0 Å². The number of halogens is 1. The molecule has 62 valence electrons. The first kappa shape index (κ1) is 12.6. The first-order valence-corrected chi connectivity index (χ1v) is 2.87. The van der Waals surface area contributed by atoms with Crippen LogP contribution in [0, 0.1) is 0 Å². The number of hydrogen-bond donors (Lipinski definition) is 3. The van der Waals surface area contributed by atoms with Crippen LogP contribution >= 0.6 is 12.4 Å². The third-order valence-corrected chi connectivity index (χ3v) is 1.15. The zero-order valence-corrected chi connectivity index (χ0v) is 6.60. The van der Waals surface area contributed by atoms with E-state index in [0.29, 0.717) is 12.0 Å². The molecule has 0 aliphatic heterocycles. The van der Waals surface area contributed by atoms with Crippen molar-refractivity contribution in [2.75, 3.05) is 13.2 Å². The Kier molecular flexibility index (Phi) is 8.83. The summed E-state index contributed by atoms with van der Waals surface area (Å²) in [4.78, 5) is 0. The highest BCUT2D eigenvalue weighted by molar-refractivity contribution is 5.85. The molecule has 0 saturated heterocycles. The number of aliphatic hydroxyl groups is 2. The molecule has 3 nitrogen and oxygen atoms in total. The molecule has 4 N–H and O–H groups in total. The molecular weight excluding hydrogens is 154 g/mol. The lowest BCUT2D eigenvalue weighted by Gasteiger charge is -2.09. The van der Waals surface area contributed by atoms with Crippen LogP contribution in [0.4, 0.5) is 0 Å². The molecule has 0 radical (unpaired) electrons. The first-order chi connectivity index (χ1) is 4.22. The number of rotatable bonds is 4. The number of nitrogens with two attached hydrogens (primary N) is 1. The van der Waals surface area contributed by atoms with Crippen LogP contribution in [0.3, 0.4) is 0 Å². The average molecular weight is 168 g/mol. The normalized spacial score (nSPS) is 11.9. The summed E-state index contributed by atoms with van der Waals surface area (Å²) < 4.78 is 0. The van der Waals surface area contributed by atoms with Gasteiger partial charge in [0.15, 0.2) is 0 Å². The monoisotopic (exact) mass is 167 g/mol. The van der Waals surface area contributed by atoms with Crippen molar-refractivity contribution in [3.63, 3.8) is 0 Å². The summed E-state index contributed by atoms with van der Waals surface area (Å²) in [5, 5.41) is 16.8. The van der Waals surface area contributed by atoms with Crippen LogP contribution in [0.25, 0.3) is 0 Å². The van der Waals surface area contributed by atoms with Gasteiger partial charge >= 0.3 is 0 Å². The molecule has 0 spiro atoms. The summed E-state index contributed by atoms with van der Waals surface area (Å²) in [7, 11) is 0. The summed E-state index contributed by atoms with van der Waals surface area (Å²) in [5.74, 6) is 0. The number of hydrogen-bond acceptors (Lipinski definition) is 3. The Morgan fingerprint density at radius 2 is 2.00 bits per heavy atom. The third kappa shape index (κ3) is 4.76. The quantitative estimate of drug-likeness (QED) is 0.503. The minimum Gasteiger partial charge on any atom is -0.396 e. The van der Waals surface area contributed by atoms with E-state index in [1.54, 1.807) is 0 Å². The number of aliphatic hydroxyl groups excluding tert-OH is 2. The molecule has 0 aliphatic carbocycles. The molecule has 0 saturated carbocycles. The maximum absolute atomic E-state index is 8.46. The smallest absolute Gasteiger partial charge is 0.0621 e. The second-order valence-electron chi connectivity index (χ2n) is 1.92. The van der Waals surface area contributed by atoms with Gasteiger partial charge < -0.3 is 15.9 Å². The average Bonchev–Trinajstić information content (AvgIpc) is 1.87. The lowest BCUT2D eigenvalue weighted by molar-refractivity contribution is 0.265. The van der Waals surface area contributed by atoms with Gasteiger partial charge in [0, 0.05) is 12.6 Å². The standard InChI is InChI=1S/C6H13NO2.ClH/c1-5(2-3-8)6(7)4-9;/h6,8-9H,1-4,7H2;1H. The van der Waals surface area contributed by atoms with Gasteiger partial charge in [-0.3, -0.25) is 0 Å². The molecule has 4 heteroatoms. The molecule has 0 aliphatic rings. The molecule has 1 atom stereocenters. The topological polar surface area (TPSA) is 66.5 Å². The Balaban J connectivity index is 0. The van der Waals surface area contributed by atoms with Crippen LogP contribution < -0.4 is 5.73 Å². The molecule has 0 amide bonds. The van der Waals surface area contributed by atoms with Crippen LogP contribution in [-0.2, 0) is 0 Å². The van der Waals surface area contributed by atoms with E-state index in [9.17, 15) is 0 Å². The second kappa shape index (κ2) is 7.02. The van der Waals surface area contributed by atoms with Gasteiger partial charge in [-0.2, -0.15) is 0 Å². The van der Waals surface area contributed by atoms with Crippen LogP contribution in [0.5, 0.6) is 0 Å². The predicted molar refractivity (Wildman–Crippen MR) is 43.2 cm³/mol. The van der Waals surface area contributed by atoms with Crippen LogP contribution in [0.2, 0.25) is 0 Å². The van der Waals surface area contributed by atoms with E-state index in [1.807, 2.05) is 0 Å². The van der Waals surface area contributed by atoms with Crippen LogP contribution in [-0.4, -0.2) is 29.5 Å². The summed E-state index contributed by atoms with van der Waals surface area (Å²) in [6.07, 6.45) is 0.474. The molecule has 0 aromatic rings. The van der Waals surface area contributed by atoms with Crippen LogP contribution in [0.1, 0.15) is 6.42 Å². The van der Waals surface area contributed by atoms with Gasteiger partial charge in [0.05, 0.1) is 6.61 Å². The van der Waals surface area contributed by atoms with Crippen molar-refractivity contribution in [2.24, 2.45) is 5.73 Å². The van der Waals surface area contributed by atoms with E-state index in [0.717, 1.165) is 0 Å². The van der Waals surface area contributed by atoms with Gasteiger partial charge in [0.2, 0.25) is 0 Å². The van der Waals surface area contributed by atoms with Crippen molar-refractivity contribution in [3.05, 3.63) is 12.2 Å². The highest BCUT2D eigenvalue weighted by Crippen LogP contribution is 1.99. The molecule has 0 aromatic carbocycles. The molecular formula is C6H14ClNO2. The minimum absolute atomic E-state index is 0. The van der Waals surface area contributed by atoms with E-state index >= 15 is 0 Å². The largest absolute Gasteiger partial charge is 0.396 e. The van der Waals surface area contributed by atoms with E-state index < -0.39 is 0 Å². The second-order valence-corrected chi connectivity index (χ2v) is 1.92. The van der Waals surface area contributed by atoms with Gasteiger partial charge in [-0.1, -0.05) is 12.2 Å². The summed E-state index contributed by atoms with van der Waals surface area (Å²) in [6.45, 7) is 3.52. The van der Waals surface area contributed by atoms with Crippen molar-refractivity contribution in [3.8, 4) is 0 Å². The Bertz CT molecular complexity index is 97.7. The van der Waals surface area contributed by atoms with E-state index in [-0.39, 0.29) is 31.7 Å². The van der Waals surface area contributed by atoms with Gasteiger partial charge in [-0.15, -0.1) is 12.4 Å². The highest BCUT2D eigenvalue weighted by Gasteiger charge is 2.02. The SMILES string of the molecule is C=C(CCO)C(N)CO.Cl. The molecule has 0 bridgehead atoms. The Morgan fingerprint density at radius 1 is 1.50 bits per heavy atom. The molecule has 0 heterocycles. The van der Waals surface area contributed by atoms with Crippen molar-refractivity contribution < 1.29 is 10.2 Å². The fourth-order valence-corrected chi connectivity index (χ4v) is 0.458. The van der Waals surface area contributed by atoms with Crippen LogP contribution in [0.15, 0.2) is 12.2 Å².